The number of sulfonamides is 1. The average Bonchev–Trinajstić information content (AvgIpc) is 2.87. The zero-order chi connectivity index (χ0) is 17.7. The van der Waals surface area contributed by atoms with E-state index in [0.29, 0.717) is 12.1 Å². The van der Waals surface area contributed by atoms with Gasteiger partial charge in [0.05, 0.1) is 24.6 Å². The second-order valence-corrected chi connectivity index (χ2v) is 7.51. The highest BCUT2D eigenvalue weighted by atomic mass is 32.2. The van der Waals surface area contributed by atoms with Gasteiger partial charge in [-0.15, -0.1) is 0 Å². The molecule has 0 fully saturated rings. The number of amides is 1. The van der Waals surface area contributed by atoms with E-state index in [9.17, 15) is 13.2 Å². The van der Waals surface area contributed by atoms with Crippen LogP contribution in [-0.4, -0.2) is 55.4 Å². The first kappa shape index (κ1) is 18.2. The summed E-state index contributed by atoms with van der Waals surface area (Å²) in [5.41, 5.74) is 2.41. The van der Waals surface area contributed by atoms with Gasteiger partial charge in [0.25, 0.3) is 5.91 Å². The number of hydrogen-bond donors (Lipinski definition) is 1. The summed E-state index contributed by atoms with van der Waals surface area (Å²) in [4.78, 5) is 14.0. The molecule has 7 nitrogen and oxygen atoms in total. The summed E-state index contributed by atoms with van der Waals surface area (Å²) in [7, 11) is -1.61. The van der Waals surface area contributed by atoms with E-state index in [1.165, 1.54) is 4.90 Å². The lowest BCUT2D eigenvalue weighted by molar-refractivity contribution is 0.0797. The van der Waals surface area contributed by atoms with Crippen LogP contribution in [0.15, 0.2) is 36.5 Å². The Bertz CT molecular complexity index is 800. The van der Waals surface area contributed by atoms with Crippen molar-refractivity contribution in [2.24, 2.45) is 0 Å². The van der Waals surface area contributed by atoms with Gasteiger partial charge in [-0.25, -0.2) is 13.1 Å². The molecule has 0 radical (unpaired) electrons. The molecular weight excluding hydrogens is 328 g/mol. The number of carbonyl (C=O) groups excluding carboxylic acids is 1. The van der Waals surface area contributed by atoms with E-state index in [-0.39, 0.29) is 19.0 Å². The Morgan fingerprint density at radius 3 is 2.58 bits per heavy atom. The molecule has 1 heterocycles. The standard InChI is InChI=1S/C16H22N4O3S/c1-13-15(16(21)19(2)10-9-18-24(3,22)23)11-17-20(13)12-14-7-5-4-6-8-14/h4-8,11,18H,9-10,12H2,1-3H3. The molecule has 24 heavy (non-hydrogen) atoms. The average molecular weight is 350 g/mol. The lowest BCUT2D eigenvalue weighted by Crippen LogP contribution is -2.35. The van der Waals surface area contributed by atoms with Crippen molar-refractivity contribution in [3.63, 3.8) is 0 Å². The summed E-state index contributed by atoms with van der Waals surface area (Å²) in [6.45, 7) is 2.92. The molecule has 8 heteroatoms. The van der Waals surface area contributed by atoms with E-state index in [4.69, 9.17) is 0 Å². The third-order valence-electron chi connectivity index (χ3n) is 3.67. The summed E-state index contributed by atoms with van der Waals surface area (Å²) in [5, 5.41) is 4.29. The van der Waals surface area contributed by atoms with Gasteiger partial charge in [0.15, 0.2) is 0 Å². The molecule has 1 N–H and O–H groups in total. The van der Waals surface area contributed by atoms with Crippen molar-refractivity contribution < 1.29 is 13.2 Å². The molecule has 1 amide bonds. The second kappa shape index (κ2) is 7.59. The minimum atomic E-state index is -3.25. The molecule has 0 atom stereocenters. The molecule has 0 aliphatic carbocycles. The fourth-order valence-electron chi connectivity index (χ4n) is 2.28. The molecule has 0 aliphatic rings. The quantitative estimate of drug-likeness (QED) is 0.803. The van der Waals surface area contributed by atoms with Crippen molar-refractivity contribution in [3.8, 4) is 0 Å². The first-order valence-electron chi connectivity index (χ1n) is 7.54. The molecule has 2 rings (SSSR count). The first-order chi connectivity index (χ1) is 11.3. The highest BCUT2D eigenvalue weighted by molar-refractivity contribution is 7.88. The van der Waals surface area contributed by atoms with E-state index in [1.54, 1.807) is 17.9 Å². The molecule has 0 bridgehead atoms. The van der Waals surface area contributed by atoms with Gasteiger partial charge in [-0.05, 0) is 12.5 Å². The molecule has 2 aromatic rings. The van der Waals surface area contributed by atoms with Crippen LogP contribution in [0.25, 0.3) is 0 Å². The number of rotatable bonds is 7. The molecule has 0 saturated heterocycles. The van der Waals surface area contributed by atoms with Gasteiger partial charge in [-0.1, -0.05) is 30.3 Å². The molecule has 0 saturated carbocycles. The molecule has 0 aliphatic heterocycles. The van der Waals surface area contributed by atoms with Crippen molar-refractivity contribution in [3.05, 3.63) is 53.3 Å². The Morgan fingerprint density at radius 1 is 1.29 bits per heavy atom. The van der Waals surface area contributed by atoms with Crippen LogP contribution in [-0.2, 0) is 16.6 Å². The van der Waals surface area contributed by atoms with Crippen molar-refractivity contribution >= 4 is 15.9 Å². The fraction of sp³-hybridized carbons (Fsp3) is 0.375. The topological polar surface area (TPSA) is 84.3 Å². The maximum atomic E-state index is 12.5. The Labute approximate surface area is 142 Å². The molecular formula is C16H22N4O3S. The van der Waals surface area contributed by atoms with Crippen LogP contribution in [0.2, 0.25) is 0 Å². The lowest BCUT2D eigenvalue weighted by Gasteiger charge is -2.17. The lowest BCUT2D eigenvalue weighted by atomic mass is 10.2. The van der Waals surface area contributed by atoms with Gasteiger partial charge < -0.3 is 4.90 Å². The molecule has 130 valence electrons. The monoisotopic (exact) mass is 350 g/mol. The predicted octanol–water partition coefficient (Wildman–Crippen LogP) is 0.861. The van der Waals surface area contributed by atoms with E-state index in [0.717, 1.165) is 17.5 Å². The highest BCUT2D eigenvalue weighted by Gasteiger charge is 2.18. The van der Waals surface area contributed by atoms with E-state index >= 15 is 0 Å². The number of benzene rings is 1. The van der Waals surface area contributed by atoms with Crippen LogP contribution < -0.4 is 4.72 Å². The summed E-state index contributed by atoms with van der Waals surface area (Å²) in [6, 6.07) is 9.89. The summed E-state index contributed by atoms with van der Waals surface area (Å²) in [5.74, 6) is -0.179. The van der Waals surface area contributed by atoms with Gasteiger partial charge >= 0.3 is 0 Å². The largest absolute Gasteiger partial charge is 0.340 e. The maximum Gasteiger partial charge on any atom is 0.257 e. The second-order valence-electron chi connectivity index (χ2n) is 5.68. The summed E-state index contributed by atoms with van der Waals surface area (Å²) < 4.78 is 26.3. The van der Waals surface area contributed by atoms with Crippen LogP contribution >= 0.6 is 0 Å². The van der Waals surface area contributed by atoms with Crippen molar-refractivity contribution in [1.29, 1.82) is 0 Å². The number of nitrogens with zero attached hydrogens (tertiary/aromatic N) is 3. The highest BCUT2D eigenvalue weighted by Crippen LogP contribution is 2.12. The number of nitrogens with one attached hydrogen (secondary N) is 1. The van der Waals surface area contributed by atoms with Crippen LogP contribution in [0.3, 0.4) is 0 Å². The number of aromatic nitrogens is 2. The third kappa shape index (κ3) is 4.90. The maximum absolute atomic E-state index is 12.5. The molecule has 1 aromatic carbocycles. The Hall–Kier alpha value is -2.19. The van der Waals surface area contributed by atoms with Crippen LogP contribution in [0, 0.1) is 6.92 Å². The Balaban J connectivity index is 2.02. The zero-order valence-electron chi connectivity index (χ0n) is 14.1. The zero-order valence-corrected chi connectivity index (χ0v) is 14.9. The van der Waals surface area contributed by atoms with Crippen molar-refractivity contribution in [2.45, 2.75) is 13.5 Å². The molecule has 1 aromatic heterocycles. The Morgan fingerprint density at radius 2 is 1.96 bits per heavy atom. The van der Waals surface area contributed by atoms with E-state index in [2.05, 4.69) is 9.82 Å². The normalized spacial score (nSPS) is 11.5. The van der Waals surface area contributed by atoms with Crippen LogP contribution in [0.5, 0.6) is 0 Å². The van der Waals surface area contributed by atoms with E-state index < -0.39 is 10.0 Å². The van der Waals surface area contributed by atoms with Gasteiger partial charge in [0.1, 0.15) is 0 Å². The fourth-order valence-corrected chi connectivity index (χ4v) is 2.74. The number of hydrogen-bond acceptors (Lipinski definition) is 4. The van der Waals surface area contributed by atoms with Crippen LogP contribution in [0.1, 0.15) is 21.6 Å². The van der Waals surface area contributed by atoms with Crippen LogP contribution in [0.4, 0.5) is 0 Å². The number of likely N-dealkylation sites (N-methyl/N-ethyl adjacent to an activating group) is 1. The molecule has 0 spiro atoms. The molecule has 0 unspecified atom stereocenters. The SMILES string of the molecule is Cc1c(C(=O)N(C)CCNS(C)(=O)=O)cnn1Cc1ccccc1. The van der Waals surface area contributed by atoms with Gasteiger partial charge in [0, 0.05) is 25.8 Å². The predicted molar refractivity (Wildman–Crippen MR) is 92.3 cm³/mol. The smallest absolute Gasteiger partial charge is 0.257 e. The summed E-state index contributed by atoms with van der Waals surface area (Å²) >= 11 is 0. The minimum absolute atomic E-state index is 0.179. The van der Waals surface area contributed by atoms with Gasteiger partial charge in [0.2, 0.25) is 10.0 Å². The van der Waals surface area contributed by atoms with Crippen molar-refractivity contribution in [1.82, 2.24) is 19.4 Å². The number of carbonyl (C=O) groups is 1. The first-order valence-corrected chi connectivity index (χ1v) is 9.43. The van der Waals surface area contributed by atoms with Crippen molar-refractivity contribution in [2.75, 3.05) is 26.4 Å². The minimum Gasteiger partial charge on any atom is -0.340 e. The van der Waals surface area contributed by atoms with Gasteiger partial charge in [-0.3, -0.25) is 9.48 Å². The summed E-state index contributed by atoms with van der Waals surface area (Å²) in [6.07, 6.45) is 2.65. The third-order valence-corrected chi connectivity index (χ3v) is 4.40. The van der Waals surface area contributed by atoms with E-state index in [1.807, 2.05) is 37.3 Å². The van der Waals surface area contributed by atoms with Gasteiger partial charge in [-0.2, -0.15) is 5.10 Å². The Kier molecular flexibility index (Phi) is 5.74.